The van der Waals surface area contributed by atoms with Crippen LogP contribution in [0.15, 0.2) is 77.7 Å². The molecule has 1 aromatic heterocycles. The smallest absolute Gasteiger partial charge is 0.293 e. The van der Waals surface area contributed by atoms with E-state index in [1.54, 1.807) is 6.08 Å². The lowest BCUT2D eigenvalue weighted by atomic mass is 10.1. The molecule has 1 aliphatic heterocycles. The molecule has 176 valence electrons. The average molecular weight is 503 g/mol. The van der Waals surface area contributed by atoms with Gasteiger partial charge in [-0.05, 0) is 66.9 Å². The number of para-hydroxylation sites is 1. The Kier molecular flexibility index (Phi) is 6.41. The van der Waals surface area contributed by atoms with Gasteiger partial charge in [0.1, 0.15) is 12.4 Å². The second kappa shape index (κ2) is 9.64. The molecule has 2 heterocycles. The van der Waals surface area contributed by atoms with E-state index in [0.717, 1.165) is 50.9 Å². The minimum atomic E-state index is -0.302. The largest absolute Gasteiger partial charge is 0.491 e. The van der Waals surface area contributed by atoms with Crippen LogP contribution in [0.2, 0.25) is 5.02 Å². The molecule has 0 aliphatic carbocycles. The lowest BCUT2D eigenvalue weighted by molar-refractivity contribution is -0.123. The number of thioether (sulfide) groups is 1. The first-order valence-electron chi connectivity index (χ1n) is 11.2. The Hall–Kier alpha value is -3.48. The number of benzene rings is 3. The van der Waals surface area contributed by atoms with Crippen LogP contribution in [0.3, 0.4) is 0 Å². The quantitative estimate of drug-likeness (QED) is 0.266. The third-order valence-corrected chi connectivity index (χ3v) is 7.27. The van der Waals surface area contributed by atoms with Crippen LogP contribution >= 0.6 is 23.4 Å². The maximum absolute atomic E-state index is 13.0. The fourth-order valence-corrected chi connectivity index (χ4v) is 5.42. The Morgan fingerprint density at radius 1 is 0.971 bits per heavy atom. The van der Waals surface area contributed by atoms with E-state index in [-0.39, 0.29) is 24.3 Å². The highest BCUT2D eigenvalue weighted by Crippen LogP contribution is 2.34. The number of rotatable bonds is 6. The molecule has 4 aromatic rings. The number of nitrogens with zero attached hydrogens (tertiary/aromatic N) is 2. The van der Waals surface area contributed by atoms with E-state index in [1.165, 1.54) is 4.90 Å². The number of hydrogen-bond acceptors (Lipinski definition) is 4. The van der Waals surface area contributed by atoms with Gasteiger partial charge in [-0.25, -0.2) is 0 Å². The molecular weight excluding hydrogens is 480 g/mol. The summed E-state index contributed by atoms with van der Waals surface area (Å²) in [7, 11) is 0. The Bertz CT molecular complexity index is 1490. The highest BCUT2D eigenvalue weighted by atomic mass is 35.5. The molecule has 1 fully saturated rings. The third-order valence-electron chi connectivity index (χ3n) is 6.05. The topological polar surface area (TPSA) is 51.5 Å². The predicted octanol–water partition coefficient (Wildman–Crippen LogP) is 7.02. The van der Waals surface area contributed by atoms with Crippen molar-refractivity contribution in [3.8, 4) is 11.4 Å². The first-order chi connectivity index (χ1) is 16.9. The summed E-state index contributed by atoms with van der Waals surface area (Å²) in [5, 5.41) is 2.43. The van der Waals surface area contributed by atoms with E-state index in [0.29, 0.717) is 9.93 Å². The SMILES string of the molecule is Cc1cc(/C=C2\SC(=O)N(CCOc3cccc4ccccc34)C2=O)c(C)n1-c1ccccc1Cl. The summed E-state index contributed by atoms with van der Waals surface area (Å²) in [6, 6.07) is 23.4. The zero-order valence-corrected chi connectivity index (χ0v) is 20.9. The summed E-state index contributed by atoms with van der Waals surface area (Å²) < 4.78 is 7.99. The van der Waals surface area contributed by atoms with E-state index in [4.69, 9.17) is 16.3 Å². The summed E-state index contributed by atoms with van der Waals surface area (Å²) in [4.78, 5) is 27.3. The number of imide groups is 1. The molecule has 0 bridgehead atoms. The second-order valence-corrected chi connectivity index (χ2v) is 9.67. The van der Waals surface area contributed by atoms with Gasteiger partial charge in [0.15, 0.2) is 0 Å². The molecule has 0 unspecified atom stereocenters. The zero-order valence-electron chi connectivity index (χ0n) is 19.3. The van der Waals surface area contributed by atoms with E-state index in [1.807, 2.05) is 86.6 Å². The van der Waals surface area contributed by atoms with Crippen molar-refractivity contribution in [1.82, 2.24) is 9.47 Å². The molecule has 1 aliphatic rings. The number of ether oxygens (including phenoxy) is 1. The van der Waals surface area contributed by atoms with Gasteiger partial charge < -0.3 is 9.30 Å². The Morgan fingerprint density at radius 2 is 1.71 bits per heavy atom. The van der Waals surface area contributed by atoms with E-state index in [2.05, 4.69) is 4.57 Å². The van der Waals surface area contributed by atoms with Crippen LogP contribution < -0.4 is 4.74 Å². The Balaban J connectivity index is 1.32. The maximum Gasteiger partial charge on any atom is 0.293 e. The molecule has 0 radical (unpaired) electrons. The predicted molar refractivity (Wildman–Crippen MR) is 142 cm³/mol. The first-order valence-corrected chi connectivity index (χ1v) is 12.4. The number of amides is 2. The van der Waals surface area contributed by atoms with Crippen molar-refractivity contribution in [2.45, 2.75) is 13.8 Å². The lowest BCUT2D eigenvalue weighted by Gasteiger charge is -2.14. The summed E-state index contributed by atoms with van der Waals surface area (Å²) in [6.45, 7) is 4.37. The van der Waals surface area contributed by atoms with Crippen molar-refractivity contribution < 1.29 is 14.3 Å². The fourth-order valence-electron chi connectivity index (χ4n) is 4.34. The van der Waals surface area contributed by atoms with Gasteiger partial charge in [-0.15, -0.1) is 0 Å². The minimum Gasteiger partial charge on any atom is -0.491 e. The molecule has 1 saturated heterocycles. The standard InChI is InChI=1S/C28H23ClN2O3S/c1-18-16-21(19(2)31(18)24-12-6-5-11-23(24)29)17-26-27(32)30(28(33)35-26)14-15-34-25-13-7-9-20-8-3-4-10-22(20)25/h3-13,16-17H,14-15H2,1-2H3/b26-17-. The average Bonchev–Trinajstić information content (AvgIpc) is 3.28. The molecule has 0 saturated carbocycles. The van der Waals surface area contributed by atoms with Gasteiger partial charge in [0.25, 0.3) is 11.1 Å². The number of halogens is 1. The Morgan fingerprint density at radius 3 is 2.54 bits per heavy atom. The Labute approximate surface area is 212 Å². The highest BCUT2D eigenvalue weighted by Gasteiger charge is 2.35. The summed E-state index contributed by atoms with van der Waals surface area (Å²) in [5.41, 5.74) is 3.69. The second-order valence-electron chi connectivity index (χ2n) is 8.27. The van der Waals surface area contributed by atoms with Crippen LogP contribution in [0.1, 0.15) is 17.0 Å². The van der Waals surface area contributed by atoms with Crippen molar-refractivity contribution >= 4 is 51.4 Å². The van der Waals surface area contributed by atoms with Crippen LogP contribution in [0.25, 0.3) is 22.5 Å². The summed E-state index contributed by atoms with van der Waals surface area (Å²) in [5.74, 6) is 0.432. The van der Waals surface area contributed by atoms with Crippen molar-refractivity contribution in [3.63, 3.8) is 0 Å². The first kappa shape index (κ1) is 23.3. The number of carbonyl (C=O) groups is 2. The highest BCUT2D eigenvalue weighted by molar-refractivity contribution is 8.18. The van der Waals surface area contributed by atoms with Crippen molar-refractivity contribution in [2.24, 2.45) is 0 Å². The lowest BCUT2D eigenvalue weighted by Crippen LogP contribution is -2.32. The summed E-state index contributed by atoms with van der Waals surface area (Å²) >= 11 is 7.37. The normalized spacial score (nSPS) is 14.9. The molecule has 3 aromatic carbocycles. The fraction of sp³-hybridized carbons (Fsp3) is 0.143. The van der Waals surface area contributed by atoms with Gasteiger partial charge >= 0.3 is 0 Å². The molecular formula is C28H23ClN2O3S. The molecule has 35 heavy (non-hydrogen) atoms. The van der Waals surface area contributed by atoms with Crippen LogP contribution in [-0.4, -0.2) is 33.8 Å². The molecule has 0 N–H and O–H groups in total. The third kappa shape index (κ3) is 4.47. The van der Waals surface area contributed by atoms with Crippen molar-refractivity contribution in [3.05, 3.63) is 99.7 Å². The number of hydrogen-bond donors (Lipinski definition) is 0. The number of aromatic nitrogens is 1. The van der Waals surface area contributed by atoms with Crippen molar-refractivity contribution in [1.29, 1.82) is 0 Å². The monoisotopic (exact) mass is 502 g/mol. The van der Waals surface area contributed by atoms with Crippen LogP contribution in [-0.2, 0) is 4.79 Å². The summed E-state index contributed by atoms with van der Waals surface area (Å²) in [6.07, 6.45) is 1.78. The van der Waals surface area contributed by atoms with Gasteiger partial charge in [0.05, 0.1) is 22.2 Å². The van der Waals surface area contributed by atoms with Crippen LogP contribution in [0, 0.1) is 13.8 Å². The van der Waals surface area contributed by atoms with E-state index < -0.39 is 0 Å². The van der Waals surface area contributed by atoms with Gasteiger partial charge in [0.2, 0.25) is 0 Å². The molecule has 0 spiro atoms. The van der Waals surface area contributed by atoms with E-state index in [9.17, 15) is 9.59 Å². The molecule has 5 rings (SSSR count). The molecule has 5 nitrogen and oxygen atoms in total. The number of fused-ring (bicyclic) bond motifs is 1. The van der Waals surface area contributed by atoms with Gasteiger partial charge in [0, 0.05) is 16.8 Å². The van der Waals surface area contributed by atoms with Gasteiger partial charge in [-0.2, -0.15) is 0 Å². The van der Waals surface area contributed by atoms with Crippen molar-refractivity contribution in [2.75, 3.05) is 13.2 Å². The van der Waals surface area contributed by atoms with Crippen LogP contribution in [0.4, 0.5) is 4.79 Å². The molecule has 7 heteroatoms. The maximum atomic E-state index is 13.0. The van der Waals surface area contributed by atoms with Gasteiger partial charge in [-0.1, -0.05) is 60.1 Å². The van der Waals surface area contributed by atoms with E-state index >= 15 is 0 Å². The zero-order chi connectivity index (χ0) is 24.5. The van der Waals surface area contributed by atoms with Crippen LogP contribution in [0.5, 0.6) is 5.75 Å². The number of carbonyl (C=O) groups excluding carboxylic acids is 2. The van der Waals surface area contributed by atoms with Gasteiger partial charge in [-0.3, -0.25) is 14.5 Å². The molecule has 2 amide bonds. The minimum absolute atomic E-state index is 0.184. The molecule has 0 atom stereocenters. The number of aryl methyl sites for hydroxylation is 1.